The van der Waals surface area contributed by atoms with Crippen LogP contribution in [-0.4, -0.2) is 5.91 Å². The molecule has 1 aliphatic rings. The molecule has 0 spiro atoms. The molecule has 0 radical (unpaired) electrons. The van der Waals surface area contributed by atoms with E-state index in [1.54, 1.807) is 0 Å². The van der Waals surface area contributed by atoms with Crippen molar-refractivity contribution in [3.8, 4) is 0 Å². The second-order valence-electron chi connectivity index (χ2n) is 3.63. The number of amides is 1. The molecule has 0 unspecified atom stereocenters. The van der Waals surface area contributed by atoms with E-state index in [2.05, 4.69) is 5.32 Å². The van der Waals surface area contributed by atoms with Gasteiger partial charge in [-0.05, 0) is 29.1 Å². The Morgan fingerprint density at radius 3 is 2.93 bits per heavy atom. The van der Waals surface area contributed by atoms with Crippen LogP contribution in [0, 0.1) is 0 Å². The van der Waals surface area contributed by atoms with Gasteiger partial charge in [0.15, 0.2) is 0 Å². The minimum Gasteiger partial charge on any atom is -0.321 e. The fraction of sp³-hybridized carbons (Fsp3) is 0.0833. The van der Waals surface area contributed by atoms with Gasteiger partial charge in [-0.2, -0.15) is 0 Å². The maximum absolute atomic E-state index is 11.7. The predicted octanol–water partition coefficient (Wildman–Crippen LogP) is 3.14. The summed E-state index contributed by atoms with van der Waals surface area (Å²) in [6, 6.07) is 9.73. The molecular formula is C12H8ClNO. The Kier molecular flexibility index (Phi) is 1.73. The maximum Gasteiger partial charge on any atom is 0.256 e. The van der Waals surface area contributed by atoms with Gasteiger partial charge in [0.1, 0.15) is 0 Å². The fourth-order valence-corrected chi connectivity index (χ4v) is 2.19. The molecule has 1 heterocycles. The summed E-state index contributed by atoms with van der Waals surface area (Å²) in [7, 11) is 0. The minimum absolute atomic E-state index is 0.0341. The maximum atomic E-state index is 11.7. The van der Waals surface area contributed by atoms with Crippen molar-refractivity contribution in [3.63, 3.8) is 0 Å². The molecule has 0 fully saturated rings. The van der Waals surface area contributed by atoms with Gasteiger partial charge in [0.2, 0.25) is 0 Å². The Bertz CT molecular complexity index is 577. The van der Waals surface area contributed by atoms with E-state index in [9.17, 15) is 4.79 Å². The largest absolute Gasteiger partial charge is 0.321 e. The summed E-state index contributed by atoms with van der Waals surface area (Å²) in [5, 5.41) is 4.92. The SMILES string of the molecule is O=C1Nc2cccc3cc(CCl)cc1c23. The lowest BCUT2D eigenvalue weighted by Gasteiger charge is -2.01. The summed E-state index contributed by atoms with van der Waals surface area (Å²) in [6.45, 7) is 0. The average Bonchev–Trinajstić information content (AvgIpc) is 2.58. The molecule has 1 amide bonds. The highest BCUT2D eigenvalue weighted by Gasteiger charge is 2.21. The number of nitrogens with one attached hydrogen (secondary N) is 1. The first kappa shape index (κ1) is 8.74. The standard InChI is InChI=1S/C12H8ClNO/c13-6-7-4-8-2-1-3-10-11(8)9(5-7)12(15)14-10/h1-5H,6H2,(H,14,15). The molecule has 0 bridgehead atoms. The Morgan fingerprint density at radius 1 is 1.27 bits per heavy atom. The number of benzene rings is 2. The molecule has 15 heavy (non-hydrogen) atoms. The van der Waals surface area contributed by atoms with E-state index < -0.39 is 0 Å². The Balaban J connectivity index is 2.46. The first-order valence-corrected chi connectivity index (χ1v) is 5.26. The predicted molar refractivity (Wildman–Crippen MR) is 61.5 cm³/mol. The molecule has 3 rings (SSSR count). The number of hydrogen-bond acceptors (Lipinski definition) is 1. The lowest BCUT2D eigenvalue weighted by Crippen LogP contribution is -2.04. The molecule has 0 saturated heterocycles. The summed E-state index contributed by atoms with van der Waals surface area (Å²) in [5.41, 5.74) is 2.61. The van der Waals surface area contributed by atoms with Crippen LogP contribution in [-0.2, 0) is 5.88 Å². The van der Waals surface area contributed by atoms with Crippen LogP contribution in [0.15, 0.2) is 30.3 Å². The molecule has 0 aliphatic carbocycles. The molecule has 0 aromatic heterocycles. The third kappa shape index (κ3) is 1.15. The Morgan fingerprint density at radius 2 is 2.13 bits per heavy atom. The number of alkyl halides is 1. The first-order valence-electron chi connectivity index (χ1n) is 4.72. The zero-order valence-electron chi connectivity index (χ0n) is 7.88. The summed E-state index contributed by atoms with van der Waals surface area (Å²) in [4.78, 5) is 11.7. The van der Waals surface area contributed by atoms with Crippen LogP contribution >= 0.6 is 11.6 Å². The molecule has 0 atom stereocenters. The molecule has 2 nitrogen and oxygen atoms in total. The van der Waals surface area contributed by atoms with Crippen LogP contribution in [0.25, 0.3) is 10.8 Å². The van der Waals surface area contributed by atoms with Gasteiger partial charge in [0.05, 0.1) is 0 Å². The van der Waals surface area contributed by atoms with Crippen LogP contribution < -0.4 is 5.32 Å². The van der Waals surface area contributed by atoms with E-state index in [-0.39, 0.29) is 5.91 Å². The molecule has 74 valence electrons. The second kappa shape index (κ2) is 2.97. The minimum atomic E-state index is -0.0341. The van der Waals surface area contributed by atoms with Crippen LogP contribution in [0.1, 0.15) is 15.9 Å². The molecule has 1 aliphatic heterocycles. The van der Waals surface area contributed by atoms with Crippen molar-refractivity contribution < 1.29 is 4.79 Å². The van der Waals surface area contributed by atoms with E-state index in [1.807, 2.05) is 30.3 Å². The highest BCUT2D eigenvalue weighted by atomic mass is 35.5. The van der Waals surface area contributed by atoms with Crippen molar-refractivity contribution in [1.82, 2.24) is 0 Å². The lowest BCUT2D eigenvalue weighted by atomic mass is 10.0. The fourth-order valence-electron chi connectivity index (χ4n) is 2.04. The Hall–Kier alpha value is -1.54. The smallest absolute Gasteiger partial charge is 0.256 e. The van der Waals surface area contributed by atoms with E-state index >= 15 is 0 Å². The van der Waals surface area contributed by atoms with E-state index in [1.165, 1.54) is 0 Å². The number of rotatable bonds is 1. The third-order valence-electron chi connectivity index (χ3n) is 2.68. The summed E-state index contributed by atoms with van der Waals surface area (Å²) in [5.74, 6) is 0.397. The van der Waals surface area contributed by atoms with Crippen LogP contribution in [0.3, 0.4) is 0 Å². The van der Waals surface area contributed by atoms with Crippen molar-refractivity contribution in [1.29, 1.82) is 0 Å². The van der Waals surface area contributed by atoms with E-state index in [0.29, 0.717) is 5.88 Å². The quantitative estimate of drug-likeness (QED) is 0.731. The van der Waals surface area contributed by atoms with E-state index in [0.717, 1.165) is 27.6 Å². The van der Waals surface area contributed by atoms with Crippen molar-refractivity contribution in [3.05, 3.63) is 41.5 Å². The molecule has 0 saturated carbocycles. The number of carbonyl (C=O) groups excluding carboxylic acids is 1. The molecule has 2 aromatic carbocycles. The molecular weight excluding hydrogens is 210 g/mol. The molecule has 2 aromatic rings. The van der Waals surface area contributed by atoms with Gasteiger partial charge in [0.25, 0.3) is 5.91 Å². The van der Waals surface area contributed by atoms with Gasteiger partial charge < -0.3 is 5.32 Å². The third-order valence-corrected chi connectivity index (χ3v) is 2.99. The van der Waals surface area contributed by atoms with Crippen molar-refractivity contribution >= 4 is 34.0 Å². The molecule has 1 N–H and O–H groups in total. The average molecular weight is 218 g/mol. The normalized spacial score (nSPS) is 13.3. The number of halogens is 1. The van der Waals surface area contributed by atoms with Crippen LogP contribution in [0.2, 0.25) is 0 Å². The van der Waals surface area contributed by atoms with Gasteiger partial charge >= 0.3 is 0 Å². The topological polar surface area (TPSA) is 29.1 Å². The van der Waals surface area contributed by atoms with Crippen molar-refractivity contribution in [2.75, 3.05) is 5.32 Å². The van der Waals surface area contributed by atoms with Gasteiger partial charge in [0, 0.05) is 22.5 Å². The summed E-state index contributed by atoms with van der Waals surface area (Å²) < 4.78 is 0. The van der Waals surface area contributed by atoms with Gasteiger partial charge in [-0.25, -0.2) is 0 Å². The highest BCUT2D eigenvalue weighted by Crippen LogP contribution is 2.33. The zero-order valence-corrected chi connectivity index (χ0v) is 8.64. The number of carbonyl (C=O) groups is 1. The van der Waals surface area contributed by atoms with Crippen molar-refractivity contribution in [2.45, 2.75) is 5.88 Å². The van der Waals surface area contributed by atoms with Gasteiger partial charge in [-0.15, -0.1) is 11.6 Å². The summed E-state index contributed by atoms with van der Waals surface area (Å²) in [6.07, 6.45) is 0. The van der Waals surface area contributed by atoms with E-state index in [4.69, 9.17) is 11.6 Å². The van der Waals surface area contributed by atoms with Gasteiger partial charge in [-0.1, -0.05) is 12.1 Å². The summed E-state index contributed by atoms with van der Waals surface area (Å²) >= 11 is 5.79. The monoisotopic (exact) mass is 217 g/mol. The van der Waals surface area contributed by atoms with Gasteiger partial charge in [-0.3, -0.25) is 4.79 Å². The first-order chi connectivity index (χ1) is 7.29. The second-order valence-corrected chi connectivity index (χ2v) is 3.90. The van der Waals surface area contributed by atoms with Crippen molar-refractivity contribution in [2.24, 2.45) is 0 Å². The van der Waals surface area contributed by atoms with Crippen LogP contribution in [0.5, 0.6) is 0 Å². The lowest BCUT2D eigenvalue weighted by molar-refractivity contribution is 0.103. The number of hydrogen-bond donors (Lipinski definition) is 1. The number of anilines is 1. The Labute approximate surface area is 91.9 Å². The zero-order chi connectivity index (χ0) is 10.4. The highest BCUT2D eigenvalue weighted by molar-refractivity contribution is 6.24. The molecule has 3 heteroatoms. The van der Waals surface area contributed by atoms with Crippen LogP contribution in [0.4, 0.5) is 5.69 Å².